The third kappa shape index (κ3) is 2.15. The number of hydrogen-bond donors (Lipinski definition) is 0. The van der Waals surface area contributed by atoms with Crippen LogP contribution in [0.2, 0.25) is 0 Å². The molecule has 1 unspecified atom stereocenters. The third-order valence-electron chi connectivity index (χ3n) is 2.21. The molecule has 0 N–H and O–H groups in total. The van der Waals surface area contributed by atoms with Crippen LogP contribution in [0.4, 0.5) is 5.82 Å². The highest BCUT2D eigenvalue weighted by atomic mass is 16.5. The highest BCUT2D eigenvalue weighted by Gasteiger charge is 2.36. The van der Waals surface area contributed by atoms with E-state index in [2.05, 4.69) is 10.1 Å². The van der Waals surface area contributed by atoms with Crippen LogP contribution >= 0.6 is 0 Å². The lowest BCUT2D eigenvalue weighted by atomic mass is 10.1. The van der Waals surface area contributed by atoms with Crippen LogP contribution in [0.25, 0.3) is 0 Å². The number of anilines is 1. The van der Waals surface area contributed by atoms with Gasteiger partial charge in [-0.1, -0.05) is 6.07 Å². The fourth-order valence-electron chi connectivity index (χ4n) is 1.43. The first-order chi connectivity index (χ1) is 8.24. The average Bonchev–Trinajstić information content (AvgIpc) is 2.72. The van der Waals surface area contributed by atoms with E-state index in [1.807, 2.05) is 0 Å². The Hall–Kier alpha value is -2.24. The van der Waals surface area contributed by atoms with Crippen molar-refractivity contribution in [3.8, 4) is 0 Å². The minimum Gasteiger partial charge on any atom is -0.465 e. The van der Waals surface area contributed by atoms with Crippen LogP contribution in [0, 0.1) is 5.92 Å². The highest BCUT2D eigenvalue weighted by molar-refractivity contribution is 6.19. The lowest BCUT2D eigenvalue weighted by molar-refractivity contribution is -0.147. The van der Waals surface area contributed by atoms with Crippen molar-refractivity contribution in [3.05, 3.63) is 24.4 Å². The molecule has 2 rings (SSSR count). The van der Waals surface area contributed by atoms with Gasteiger partial charge in [-0.15, -0.1) is 0 Å². The van der Waals surface area contributed by atoms with Gasteiger partial charge in [-0.25, -0.2) is 4.98 Å². The van der Waals surface area contributed by atoms with Gasteiger partial charge in [-0.05, 0) is 19.1 Å². The van der Waals surface area contributed by atoms with E-state index in [1.54, 1.807) is 31.3 Å². The molecule has 0 fully saturated rings. The van der Waals surface area contributed by atoms with Gasteiger partial charge in [0.2, 0.25) is 0 Å². The Balaban J connectivity index is 2.14. The predicted octanol–water partition coefficient (Wildman–Crippen LogP) is 0.593. The predicted molar refractivity (Wildman–Crippen MR) is 60.3 cm³/mol. The first kappa shape index (κ1) is 11.3. The summed E-state index contributed by atoms with van der Waals surface area (Å²) >= 11 is 0. The summed E-state index contributed by atoms with van der Waals surface area (Å²) < 4.78 is 4.78. The number of rotatable bonds is 3. The van der Waals surface area contributed by atoms with Crippen molar-refractivity contribution in [2.45, 2.75) is 6.92 Å². The van der Waals surface area contributed by atoms with Gasteiger partial charge < -0.3 is 4.74 Å². The summed E-state index contributed by atoms with van der Waals surface area (Å²) in [6.07, 6.45) is 2.82. The number of ether oxygens (including phenoxy) is 1. The van der Waals surface area contributed by atoms with Crippen molar-refractivity contribution in [2.75, 3.05) is 11.6 Å². The average molecular weight is 233 g/mol. The van der Waals surface area contributed by atoms with Gasteiger partial charge in [0, 0.05) is 12.4 Å². The summed E-state index contributed by atoms with van der Waals surface area (Å²) in [4.78, 5) is 27.3. The number of hydrogen-bond acceptors (Lipinski definition) is 5. The van der Waals surface area contributed by atoms with E-state index < -0.39 is 17.8 Å². The van der Waals surface area contributed by atoms with E-state index in [4.69, 9.17) is 4.74 Å². The number of carbonyl (C=O) groups is 2. The maximum absolute atomic E-state index is 11.9. The second-order valence-corrected chi connectivity index (χ2v) is 3.33. The fraction of sp³-hybridized carbons (Fsp3) is 0.273. The second-order valence-electron chi connectivity index (χ2n) is 3.33. The molecule has 0 saturated heterocycles. The Morgan fingerprint density at radius 3 is 3.00 bits per heavy atom. The Morgan fingerprint density at radius 2 is 2.35 bits per heavy atom. The van der Waals surface area contributed by atoms with Crippen LogP contribution in [0.15, 0.2) is 29.5 Å². The van der Waals surface area contributed by atoms with Crippen LogP contribution in [-0.2, 0) is 14.3 Å². The molecule has 1 aromatic rings. The van der Waals surface area contributed by atoms with Crippen molar-refractivity contribution >= 4 is 23.9 Å². The van der Waals surface area contributed by atoms with E-state index in [0.29, 0.717) is 5.82 Å². The minimum atomic E-state index is -0.961. The zero-order valence-corrected chi connectivity index (χ0v) is 9.24. The number of pyridine rings is 1. The molecule has 0 aliphatic carbocycles. The van der Waals surface area contributed by atoms with Gasteiger partial charge >= 0.3 is 5.97 Å². The number of aromatic nitrogens is 1. The largest absolute Gasteiger partial charge is 0.465 e. The maximum Gasteiger partial charge on any atom is 0.324 e. The molecule has 0 saturated carbocycles. The van der Waals surface area contributed by atoms with Gasteiger partial charge in [0.05, 0.1) is 6.61 Å². The van der Waals surface area contributed by atoms with E-state index in [0.717, 1.165) is 5.01 Å². The molecule has 2 heterocycles. The van der Waals surface area contributed by atoms with Gasteiger partial charge in [0.1, 0.15) is 0 Å². The van der Waals surface area contributed by atoms with E-state index in [1.165, 1.54) is 6.21 Å². The fourth-order valence-corrected chi connectivity index (χ4v) is 1.43. The first-order valence-corrected chi connectivity index (χ1v) is 5.19. The SMILES string of the molecule is CCOC(=O)C1C=NN(c2ccccn2)C1=O. The molecule has 1 amide bonds. The van der Waals surface area contributed by atoms with Crippen LogP contribution < -0.4 is 5.01 Å². The molecule has 1 aliphatic rings. The Kier molecular flexibility index (Phi) is 3.13. The van der Waals surface area contributed by atoms with Crippen molar-refractivity contribution in [1.82, 2.24) is 4.98 Å². The topological polar surface area (TPSA) is 71.9 Å². The maximum atomic E-state index is 11.9. The summed E-state index contributed by atoms with van der Waals surface area (Å²) in [5, 5.41) is 4.97. The van der Waals surface area contributed by atoms with Gasteiger partial charge in [0.25, 0.3) is 5.91 Å². The molecule has 6 nitrogen and oxygen atoms in total. The van der Waals surface area contributed by atoms with Gasteiger partial charge in [0.15, 0.2) is 11.7 Å². The molecule has 0 radical (unpaired) electrons. The number of esters is 1. The molecular formula is C11H11N3O3. The summed E-state index contributed by atoms with van der Waals surface area (Å²) in [6.45, 7) is 1.92. The van der Waals surface area contributed by atoms with E-state index >= 15 is 0 Å². The molecule has 1 atom stereocenters. The Morgan fingerprint density at radius 1 is 1.53 bits per heavy atom. The summed E-state index contributed by atoms with van der Waals surface area (Å²) in [7, 11) is 0. The quantitative estimate of drug-likeness (QED) is 0.566. The lowest BCUT2D eigenvalue weighted by Crippen LogP contribution is -2.32. The number of amides is 1. The Labute approximate surface area is 97.9 Å². The first-order valence-electron chi connectivity index (χ1n) is 5.19. The molecule has 17 heavy (non-hydrogen) atoms. The monoisotopic (exact) mass is 233 g/mol. The minimum absolute atomic E-state index is 0.236. The number of nitrogens with zero attached hydrogens (tertiary/aromatic N) is 3. The van der Waals surface area contributed by atoms with Crippen molar-refractivity contribution in [2.24, 2.45) is 11.0 Å². The third-order valence-corrected chi connectivity index (χ3v) is 2.21. The molecular weight excluding hydrogens is 222 g/mol. The van der Waals surface area contributed by atoms with Gasteiger partial charge in [-0.3, -0.25) is 9.59 Å². The lowest BCUT2D eigenvalue weighted by Gasteiger charge is -2.12. The standard InChI is InChI=1S/C11H11N3O3/c1-2-17-11(16)8-7-13-14(10(8)15)9-5-3-4-6-12-9/h3-8H,2H2,1H3. The van der Waals surface area contributed by atoms with Crippen molar-refractivity contribution in [3.63, 3.8) is 0 Å². The summed E-state index contributed by atoms with van der Waals surface area (Å²) in [5.74, 6) is -1.60. The van der Waals surface area contributed by atoms with Gasteiger partial charge in [-0.2, -0.15) is 10.1 Å². The number of carbonyl (C=O) groups excluding carboxylic acids is 2. The highest BCUT2D eigenvalue weighted by Crippen LogP contribution is 2.18. The molecule has 0 spiro atoms. The van der Waals surface area contributed by atoms with Crippen LogP contribution in [0.5, 0.6) is 0 Å². The zero-order valence-electron chi connectivity index (χ0n) is 9.24. The summed E-state index contributed by atoms with van der Waals surface area (Å²) in [5.41, 5.74) is 0. The molecule has 6 heteroatoms. The summed E-state index contributed by atoms with van der Waals surface area (Å²) in [6, 6.07) is 5.11. The molecule has 0 aromatic carbocycles. The molecule has 1 aliphatic heterocycles. The van der Waals surface area contributed by atoms with Crippen LogP contribution in [0.3, 0.4) is 0 Å². The molecule has 0 bridgehead atoms. The van der Waals surface area contributed by atoms with E-state index in [-0.39, 0.29) is 6.61 Å². The number of hydrazone groups is 1. The zero-order chi connectivity index (χ0) is 12.3. The normalized spacial score (nSPS) is 18.5. The van der Waals surface area contributed by atoms with Crippen LogP contribution in [0.1, 0.15) is 6.92 Å². The molecule has 1 aromatic heterocycles. The van der Waals surface area contributed by atoms with Crippen molar-refractivity contribution < 1.29 is 14.3 Å². The van der Waals surface area contributed by atoms with E-state index in [9.17, 15) is 9.59 Å². The Bertz CT molecular complexity index is 458. The molecule has 88 valence electrons. The van der Waals surface area contributed by atoms with Crippen molar-refractivity contribution in [1.29, 1.82) is 0 Å². The van der Waals surface area contributed by atoms with Crippen LogP contribution in [-0.4, -0.2) is 29.7 Å². The second kappa shape index (κ2) is 4.73. The smallest absolute Gasteiger partial charge is 0.324 e.